The highest BCUT2D eigenvalue weighted by Gasteiger charge is 2.57. The van der Waals surface area contributed by atoms with E-state index in [2.05, 4.69) is 10.1 Å². The fraction of sp³-hybridized carbons (Fsp3) is 0.769. The van der Waals surface area contributed by atoms with Gasteiger partial charge in [-0.05, 0) is 12.8 Å². The Morgan fingerprint density at radius 3 is 2.24 bits per heavy atom. The molecule has 2 fully saturated rings. The highest BCUT2D eigenvalue weighted by atomic mass is 16.5. The Morgan fingerprint density at radius 2 is 1.76 bits per heavy atom. The standard InChI is InChI=1S/C13H19NO7/c1-19-12(17)7-8(13(18)20-2)10(11(15)16)14-9(7)6-4-3-5-21-6/h6-10,14H,3-5H2,1-2H3,(H,15,16)/t6?,7-,8+,9-,10-/m0/s1. The molecule has 0 spiro atoms. The Morgan fingerprint density at radius 1 is 1.14 bits per heavy atom. The second-order valence-electron chi connectivity index (χ2n) is 5.16. The summed E-state index contributed by atoms with van der Waals surface area (Å²) in [6.07, 6.45) is 1.22. The van der Waals surface area contributed by atoms with Gasteiger partial charge in [0, 0.05) is 12.6 Å². The molecule has 21 heavy (non-hydrogen) atoms. The minimum Gasteiger partial charge on any atom is -0.480 e. The van der Waals surface area contributed by atoms with Crippen LogP contribution in [0.1, 0.15) is 12.8 Å². The fourth-order valence-corrected chi connectivity index (χ4v) is 3.14. The van der Waals surface area contributed by atoms with E-state index < -0.39 is 41.8 Å². The highest BCUT2D eigenvalue weighted by molar-refractivity contribution is 5.90. The van der Waals surface area contributed by atoms with Crippen LogP contribution in [0.25, 0.3) is 0 Å². The first kappa shape index (κ1) is 15.7. The van der Waals surface area contributed by atoms with Crippen molar-refractivity contribution in [2.75, 3.05) is 20.8 Å². The number of hydrogen-bond donors (Lipinski definition) is 2. The Labute approximate surface area is 121 Å². The van der Waals surface area contributed by atoms with Crippen molar-refractivity contribution >= 4 is 17.9 Å². The van der Waals surface area contributed by atoms with Gasteiger partial charge in [0.2, 0.25) is 0 Å². The first-order valence-corrected chi connectivity index (χ1v) is 6.77. The zero-order valence-electron chi connectivity index (χ0n) is 11.9. The van der Waals surface area contributed by atoms with Crippen molar-refractivity contribution in [3.8, 4) is 0 Å². The number of carboxylic acid groups (broad SMARTS) is 1. The van der Waals surface area contributed by atoms with E-state index in [-0.39, 0.29) is 6.10 Å². The summed E-state index contributed by atoms with van der Waals surface area (Å²) in [6.45, 7) is 0.553. The molecule has 2 rings (SSSR count). The third-order valence-corrected chi connectivity index (χ3v) is 4.08. The summed E-state index contributed by atoms with van der Waals surface area (Å²) in [7, 11) is 2.37. The number of methoxy groups -OCH3 is 2. The monoisotopic (exact) mass is 301 g/mol. The van der Waals surface area contributed by atoms with Crippen molar-refractivity contribution in [3.05, 3.63) is 0 Å². The normalized spacial score (nSPS) is 35.4. The summed E-state index contributed by atoms with van der Waals surface area (Å²) in [5.74, 6) is -4.66. The van der Waals surface area contributed by atoms with E-state index in [0.717, 1.165) is 13.5 Å². The van der Waals surface area contributed by atoms with Gasteiger partial charge in [-0.25, -0.2) is 0 Å². The summed E-state index contributed by atoms with van der Waals surface area (Å²) in [5.41, 5.74) is 0. The third-order valence-electron chi connectivity index (χ3n) is 4.08. The van der Waals surface area contributed by atoms with Crippen LogP contribution in [0.5, 0.6) is 0 Å². The maximum absolute atomic E-state index is 12.1. The van der Waals surface area contributed by atoms with Crippen molar-refractivity contribution in [2.24, 2.45) is 11.8 Å². The molecular weight excluding hydrogens is 282 g/mol. The predicted molar refractivity (Wildman–Crippen MR) is 68.3 cm³/mol. The lowest BCUT2D eigenvalue weighted by Gasteiger charge is -2.24. The molecule has 118 valence electrons. The maximum atomic E-state index is 12.1. The Bertz CT molecular complexity index is 432. The van der Waals surface area contributed by atoms with Gasteiger partial charge >= 0.3 is 17.9 Å². The first-order chi connectivity index (χ1) is 10.0. The molecule has 1 unspecified atom stereocenters. The summed E-state index contributed by atoms with van der Waals surface area (Å²) < 4.78 is 14.9. The van der Waals surface area contributed by atoms with Crippen LogP contribution in [0, 0.1) is 11.8 Å². The van der Waals surface area contributed by atoms with E-state index in [4.69, 9.17) is 9.47 Å². The van der Waals surface area contributed by atoms with Crippen LogP contribution in [0.15, 0.2) is 0 Å². The first-order valence-electron chi connectivity index (χ1n) is 6.77. The van der Waals surface area contributed by atoms with Gasteiger partial charge in [-0.3, -0.25) is 19.7 Å². The quantitative estimate of drug-likeness (QED) is 0.647. The molecule has 0 saturated carbocycles. The smallest absolute Gasteiger partial charge is 0.321 e. The van der Waals surface area contributed by atoms with Gasteiger partial charge in [-0.15, -0.1) is 0 Å². The largest absolute Gasteiger partial charge is 0.480 e. The number of rotatable bonds is 4. The van der Waals surface area contributed by atoms with E-state index in [1.54, 1.807) is 0 Å². The lowest BCUT2D eigenvalue weighted by atomic mass is 9.84. The number of ether oxygens (including phenoxy) is 3. The molecule has 0 radical (unpaired) electrons. The molecule has 2 aliphatic heterocycles. The number of aliphatic carboxylic acids is 1. The summed E-state index contributed by atoms with van der Waals surface area (Å²) in [6, 6.07) is -1.78. The van der Waals surface area contributed by atoms with E-state index in [9.17, 15) is 19.5 Å². The molecule has 2 saturated heterocycles. The molecule has 0 aromatic carbocycles. The number of carbonyl (C=O) groups excluding carboxylic acids is 2. The number of nitrogens with one attached hydrogen (secondary N) is 1. The maximum Gasteiger partial charge on any atom is 0.321 e. The zero-order chi connectivity index (χ0) is 15.6. The number of esters is 2. The van der Waals surface area contributed by atoms with Gasteiger partial charge in [0.1, 0.15) is 6.04 Å². The van der Waals surface area contributed by atoms with Gasteiger partial charge < -0.3 is 19.3 Å². The zero-order valence-corrected chi connectivity index (χ0v) is 11.9. The minimum absolute atomic E-state index is 0.314. The van der Waals surface area contributed by atoms with Crippen molar-refractivity contribution < 1.29 is 33.7 Å². The third kappa shape index (κ3) is 2.86. The second kappa shape index (κ2) is 6.40. The average molecular weight is 301 g/mol. The molecule has 2 aliphatic rings. The SMILES string of the molecule is COC(=O)[C@@H]1[C@H](C(=O)OC)[C@H](C2CCCO2)N[C@@H]1C(=O)O. The fourth-order valence-electron chi connectivity index (χ4n) is 3.14. The molecule has 0 aromatic rings. The Hall–Kier alpha value is -1.67. The van der Waals surface area contributed by atoms with Gasteiger partial charge in [-0.2, -0.15) is 0 Å². The van der Waals surface area contributed by atoms with E-state index in [1.165, 1.54) is 7.11 Å². The number of carboxylic acids is 1. The Balaban J connectivity index is 2.34. The van der Waals surface area contributed by atoms with Gasteiger partial charge in [0.25, 0.3) is 0 Å². The lowest BCUT2D eigenvalue weighted by molar-refractivity contribution is -0.159. The van der Waals surface area contributed by atoms with Crippen LogP contribution in [0.4, 0.5) is 0 Å². The topological polar surface area (TPSA) is 111 Å². The predicted octanol–water partition coefficient (Wildman–Crippen LogP) is -0.831. The number of carbonyl (C=O) groups is 3. The molecule has 0 amide bonds. The summed E-state index contributed by atoms with van der Waals surface area (Å²) in [5, 5.41) is 12.1. The molecule has 0 aromatic heterocycles. The average Bonchev–Trinajstić information content (AvgIpc) is 3.11. The molecule has 8 nitrogen and oxygen atoms in total. The van der Waals surface area contributed by atoms with Crippen LogP contribution < -0.4 is 5.32 Å². The molecular formula is C13H19NO7. The van der Waals surface area contributed by atoms with Gasteiger partial charge in [0.15, 0.2) is 0 Å². The van der Waals surface area contributed by atoms with Crippen LogP contribution >= 0.6 is 0 Å². The molecule has 2 heterocycles. The Kier molecular flexibility index (Phi) is 4.79. The van der Waals surface area contributed by atoms with Gasteiger partial charge in [-0.1, -0.05) is 0 Å². The minimum atomic E-state index is -1.21. The number of hydrogen-bond acceptors (Lipinski definition) is 7. The van der Waals surface area contributed by atoms with Crippen molar-refractivity contribution in [1.29, 1.82) is 0 Å². The summed E-state index contributed by atoms with van der Waals surface area (Å²) in [4.78, 5) is 35.4. The van der Waals surface area contributed by atoms with Crippen molar-refractivity contribution in [3.63, 3.8) is 0 Å². The molecule has 0 aliphatic carbocycles. The van der Waals surface area contributed by atoms with Crippen LogP contribution in [-0.4, -0.2) is 62.0 Å². The van der Waals surface area contributed by atoms with Crippen LogP contribution in [0.2, 0.25) is 0 Å². The molecule has 5 atom stereocenters. The van der Waals surface area contributed by atoms with Crippen molar-refractivity contribution in [2.45, 2.75) is 31.0 Å². The van der Waals surface area contributed by atoms with Crippen LogP contribution in [-0.2, 0) is 28.6 Å². The lowest BCUT2D eigenvalue weighted by Crippen LogP contribution is -2.44. The summed E-state index contributed by atoms with van der Waals surface area (Å²) >= 11 is 0. The second-order valence-corrected chi connectivity index (χ2v) is 5.16. The molecule has 8 heteroatoms. The van der Waals surface area contributed by atoms with Gasteiger partial charge in [0.05, 0.1) is 32.2 Å². The highest BCUT2D eigenvalue weighted by Crippen LogP contribution is 2.35. The molecule has 0 bridgehead atoms. The van der Waals surface area contributed by atoms with E-state index >= 15 is 0 Å². The molecule has 2 N–H and O–H groups in total. The van der Waals surface area contributed by atoms with Crippen LogP contribution in [0.3, 0.4) is 0 Å². The van der Waals surface area contributed by atoms with E-state index in [0.29, 0.717) is 13.0 Å². The van der Waals surface area contributed by atoms with Crippen molar-refractivity contribution in [1.82, 2.24) is 5.32 Å². The van der Waals surface area contributed by atoms with E-state index in [1.807, 2.05) is 0 Å².